The maximum absolute atomic E-state index is 13.2. The lowest BCUT2D eigenvalue weighted by molar-refractivity contribution is -0.122. The number of ether oxygens (including phenoxy) is 2. The van der Waals surface area contributed by atoms with Gasteiger partial charge in [-0.1, -0.05) is 39.0 Å². The van der Waals surface area contributed by atoms with Crippen LogP contribution < -0.4 is 15.0 Å². The normalized spacial score (nSPS) is 15.3. The van der Waals surface area contributed by atoms with Gasteiger partial charge in [0.2, 0.25) is 10.0 Å². The van der Waals surface area contributed by atoms with Crippen LogP contribution in [0.15, 0.2) is 53.4 Å². The van der Waals surface area contributed by atoms with Gasteiger partial charge in [-0.15, -0.1) is 0 Å². The molecule has 1 atom stereocenters. The monoisotopic (exact) mass is 475 g/mol. The molecule has 1 saturated heterocycles. The number of nitrogens with one attached hydrogen (secondary N) is 1. The summed E-state index contributed by atoms with van der Waals surface area (Å²) in [5, 5.41) is 2.94. The lowest BCUT2D eigenvalue weighted by Crippen LogP contribution is -2.38. The van der Waals surface area contributed by atoms with Crippen LogP contribution in [-0.2, 0) is 19.6 Å². The van der Waals surface area contributed by atoms with Crippen LogP contribution in [-0.4, -0.2) is 64.1 Å². The highest BCUT2D eigenvalue weighted by Crippen LogP contribution is 2.31. The molecule has 9 heteroatoms. The fourth-order valence-corrected chi connectivity index (χ4v) is 5.25. The van der Waals surface area contributed by atoms with Crippen molar-refractivity contribution in [2.45, 2.75) is 38.2 Å². The Morgan fingerprint density at radius 2 is 1.76 bits per heavy atom. The molecule has 2 aromatic rings. The third-order valence-corrected chi connectivity index (χ3v) is 7.65. The number of morpholine rings is 1. The second-order valence-corrected chi connectivity index (χ2v) is 9.62. The standard InChI is InChI=1S/C24H33N3O5S/c1-4-23(32-19-10-8-7-9-11-19)24(28)25-21-18-20(33(29,30)27(5-2)6-3)12-13-22(21)26-14-16-31-17-15-26/h7-13,18,23H,4-6,14-17H2,1-3H3,(H,25,28). The highest BCUT2D eigenvalue weighted by Gasteiger charge is 2.26. The average molecular weight is 476 g/mol. The van der Waals surface area contributed by atoms with Gasteiger partial charge in [0.1, 0.15) is 5.75 Å². The fourth-order valence-electron chi connectivity index (χ4n) is 3.77. The summed E-state index contributed by atoms with van der Waals surface area (Å²) < 4.78 is 38.9. The molecule has 0 bridgehead atoms. The van der Waals surface area contributed by atoms with Gasteiger partial charge in [-0.3, -0.25) is 4.79 Å². The number of amides is 1. The molecule has 3 rings (SSSR count). The van der Waals surface area contributed by atoms with Crippen LogP contribution in [0.4, 0.5) is 11.4 Å². The zero-order valence-corrected chi connectivity index (χ0v) is 20.3. The van der Waals surface area contributed by atoms with Crippen molar-refractivity contribution in [3.8, 4) is 5.75 Å². The first kappa shape index (κ1) is 25.0. The van der Waals surface area contributed by atoms with Gasteiger partial charge in [-0.05, 0) is 36.8 Å². The molecule has 1 N–H and O–H groups in total. The molecule has 2 aromatic carbocycles. The number of carbonyl (C=O) groups is 1. The molecule has 0 aromatic heterocycles. The number of hydrogen-bond donors (Lipinski definition) is 1. The maximum Gasteiger partial charge on any atom is 0.265 e. The van der Waals surface area contributed by atoms with Crippen molar-refractivity contribution in [3.63, 3.8) is 0 Å². The minimum absolute atomic E-state index is 0.149. The van der Waals surface area contributed by atoms with E-state index >= 15 is 0 Å². The van der Waals surface area contributed by atoms with Crippen molar-refractivity contribution < 1.29 is 22.7 Å². The van der Waals surface area contributed by atoms with Crippen molar-refractivity contribution in [2.75, 3.05) is 49.6 Å². The van der Waals surface area contributed by atoms with Gasteiger partial charge in [-0.2, -0.15) is 4.31 Å². The molecule has 0 spiro atoms. The van der Waals surface area contributed by atoms with E-state index in [4.69, 9.17) is 9.47 Å². The Morgan fingerprint density at radius 1 is 1.09 bits per heavy atom. The molecule has 1 fully saturated rings. The van der Waals surface area contributed by atoms with E-state index in [0.717, 1.165) is 5.69 Å². The van der Waals surface area contributed by atoms with E-state index < -0.39 is 16.1 Å². The Morgan fingerprint density at radius 3 is 2.36 bits per heavy atom. The van der Waals surface area contributed by atoms with E-state index in [9.17, 15) is 13.2 Å². The molecule has 1 amide bonds. The third-order valence-electron chi connectivity index (χ3n) is 5.61. The van der Waals surface area contributed by atoms with Gasteiger partial charge in [0.15, 0.2) is 6.10 Å². The third kappa shape index (κ3) is 6.04. The lowest BCUT2D eigenvalue weighted by Gasteiger charge is -2.31. The molecule has 1 aliphatic rings. The van der Waals surface area contributed by atoms with Gasteiger partial charge >= 0.3 is 0 Å². The molecule has 0 aliphatic carbocycles. The van der Waals surface area contributed by atoms with Crippen LogP contribution in [0.5, 0.6) is 5.75 Å². The van der Waals surface area contributed by atoms with Crippen LogP contribution in [0, 0.1) is 0 Å². The number of nitrogens with zero attached hydrogens (tertiary/aromatic N) is 2. The molecule has 33 heavy (non-hydrogen) atoms. The zero-order valence-electron chi connectivity index (χ0n) is 19.5. The van der Waals surface area contributed by atoms with E-state index in [1.807, 2.05) is 25.1 Å². The summed E-state index contributed by atoms with van der Waals surface area (Å²) >= 11 is 0. The minimum atomic E-state index is -3.67. The van der Waals surface area contributed by atoms with Crippen LogP contribution >= 0.6 is 0 Å². The minimum Gasteiger partial charge on any atom is -0.481 e. The van der Waals surface area contributed by atoms with Crippen LogP contribution in [0.3, 0.4) is 0 Å². The van der Waals surface area contributed by atoms with Crippen molar-refractivity contribution in [2.24, 2.45) is 0 Å². The van der Waals surface area contributed by atoms with Gasteiger partial charge < -0.3 is 19.7 Å². The molecular formula is C24H33N3O5S. The van der Waals surface area contributed by atoms with E-state index in [-0.39, 0.29) is 10.8 Å². The smallest absolute Gasteiger partial charge is 0.265 e. The Bertz CT molecular complexity index is 1020. The van der Waals surface area contributed by atoms with Gasteiger partial charge in [0.25, 0.3) is 5.91 Å². The highest BCUT2D eigenvalue weighted by atomic mass is 32.2. The number of para-hydroxylation sites is 1. The number of hydrogen-bond acceptors (Lipinski definition) is 6. The highest BCUT2D eigenvalue weighted by molar-refractivity contribution is 7.89. The maximum atomic E-state index is 13.2. The Kier molecular flexibility index (Phi) is 8.71. The molecule has 180 valence electrons. The summed E-state index contributed by atoms with van der Waals surface area (Å²) in [4.78, 5) is 15.4. The first-order chi connectivity index (χ1) is 15.9. The Labute approximate surface area is 196 Å². The van der Waals surface area contributed by atoms with Crippen molar-refractivity contribution in [1.29, 1.82) is 0 Å². The van der Waals surface area contributed by atoms with E-state index in [0.29, 0.717) is 57.3 Å². The Hall–Kier alpha value is -2.62. The average Bonchev–Trinajstić information content (AvgIpc) is 2.84. The van der Waals surface area contributed by atoms with Crippen LogP contribution in [0.2, 0.25) is 0 Å². The number of benzene rings is 2. The van der Waals surface area contributed by atoms with Crippen LogP contribution in [0.25, 0.3) is 0 Å². The SMILES string of the molecule is CCC(Oc1ccccc1)C(=O)Nc1cc(S(=O)(=O)N(CC)CC)ccc1N1CCOCC1. The molecule has 1 aliphatic heterocycles. The molecule has 1 heterocycles. The number of carbonyl (C=O) groups excluding carboxylic acids is 1. The molecule has 0 saturated carbocycles. The predicted molar refractivity (Wildman–Crippen MR) is 129 cm³/mol. The molecular weight excluding hydrogens is 442 g/mol. The first-order valence-corrected chi connectivity index (χ1v) is 12.8. The van der Waals surface area contributed by atoms with E-state index in [1.54, 1.807) is 44.2 Å². The van der Waals surface area contributed by atoms with Gasteiger partial charge in [0.05, 0.1) is 29.5 Å². The number of anilines is 2. The largest absolute Gasteiger partial charge is 0.481 e. The summed E-state index contributed by atoms with van der Waals surface area (Å²) in [6.07, 6.45) is -0.251. The van der Waals surface area contributed by atoms with Crippen molar-refractivity contribution >= 4 is 27.3 Å². The summed E-state index contributed by atoms with van der Waals surface area (Å²) in [5.74, 6) is 0.277. The zero-order chi connectivity index (χ0) is 23.8. The van der Waals surface area contributed by atoms with Crippen LogP contribution in [0.1, 0.15) is 27.2 Å². The predicted octanol–water partition coefficient (Wildman–Crippen LogP) is 3.35. The first-order valence-electron chi connectivity index (χ1n) is 11.4. The summed E-state index contributed by atoms with van der Waals surface area (Å²) in [6.45, 7) is 8.67. The second kappa shape index (κ2) is 11.5. The quantitative estimate of drug-likeness (QED) is 0.567. The van der Waals surface area contributed by atoms with E-state index in [2.05, 4.69) is 10.2 Å². The van der Waals surface area contributed by atoms with E-state index in [1.165, 1.54) is 4.31 Å². The number of sulfonamides is 1. The summed E-state index contributed by atoms with van der Waals surface area (Å²) in [6, 6.07) is 14.1. The Balaban J connectivity index is 1.93. The molecule has 8 nitrogen and oxygen atoms in total. The van der Waals surface area contributed by atoms with Gasteiger partial charge in [0, 0.05) is 26.2 Å². The summed E-state index contributed by atoms with van der Waals surface area (Å²) in [5.41, 5.74) is 1.21. The number of rotatable bonds is 10. The van der Waals surface area contributed by atoms with Crippen molar-refractivity contribution in [3.05, 3.63) is 48.5 Å². The van der Waals surface area contributed by atoms with Gasteiger partial charge in [-0.25, -0.2) is 8.42 Å². The fraction of sp³-hybridized carbons (Fsp3) is 0.458. The lowest BCUT2D eigenvalue weighted by atomic mass is 10.2. The topological polar surface area (TPSA) is 88.2 Å². The molecule has 1 unspecified atom stereocenters. The van der Waals surface area contributed by atoms with Crippen molar-refractivity contribution in [1.82, 2.24) is 4.31 Å². The molecule has 0 radical (unpaired) electrons. The summed E-state index contributed by atoms with van der Waals surface area (Å²) in [7, 11) is -3.67. The second-order valence-electron chi connectivity index (χ2n) is 7.68.